The van der Waals surface area contributed by atoms with Crippen molar-refractivity contribution in [3.05, 3.63) is 29.8 Å². The second-order valence-corrected chi connectivity index (χ2v) is 6.84. The van der Waals surface area contributed by atoms with E-state index in [0.29, 0.717) is 25.8 Å². The van der Waals surface area contributed by atoms with Gasteiger partial charge in [0.15, 0.2) is 0 Å². The summed E-state index contributed by atoms with van der Waals surface area (Å²) in [6.45, 7) is 3.33. The smallest absolute Gasteiger partial charge is 0.118 e. The van der Waals surface area contributed by atoms with Crippen LogP contribution in [0.25, 0.3) is 0 Å². The van der Waals surface area contributed by atoms with Crippen LogP contribution in [0.5, 0.6) is 5.75 Å². The normalized spacial score (nSPS) is 22.0. The molecule has 2 unspecified atom stereocenters. The first-order valence-corrected chi connectivity index (χ1v) is 8.99. The van der Waals surface area contributed by atoms with Crippen LogP contribution in [0.2, 0.25) is 0 Å². The van der Waals surface area contributed by atoms with E-state index in [4.69, 9.17) is 14.2 Å². The molecule has 0 aromatic heterocycles. The highest BCUT2D eigenvalue weighted by Gasteiger charge is 2.30. The fourth-order valence-corrected chi connectivity index (χ4v) is 3.18. The van der Waals surface area contributed by atoms with Crippen molar-refractivity contribution in [2.75, 3.05) is 33.5 Å². The molecule has 2 aliphatic rings. The van der Waals surface area contributed by atoms with Gasteiger partial charge in [0.1, 0.15) is 5.75 Å². The van der Waals surface area contributed by atoms with E-state index in [1.165, 1.54) is 18.4 Å². The molecule has 3 rings (SSSR count). The van der Waals surface area contributed by atoms with E-state index >= 15 is 0 Å². The molecule has 1 aromatic rings. The first kappa shape index (κ1) is 17.7. The molecule has 2 fully saturated rings. The number of aliphatic hydroxyl groups is 1. The van der Waals surface area contributed by atoms with Crippen molar-refractivity contribution < 1.29 is 19.3 Å². The Morgan fingerprint density at radius 2 is 2.04 bits per heavy atom. The van der Waals surface area contributed by atoms with Crippen LogP contribution >= 0.6 is 0 Å². The average Bonchev–Trinajstić information content (AvgIpc) is 3.32. The molecule has 0 amide bonds. The van der Waals surface area contributed by atoms with Crippen LogP contribution in [0.1, 0.15) is 31.2 Å². The van der Waals surface area contributed by atoms with Crippen molar-refractivity contribution in [1.82, 2.24) is 4.90 Å². The monoisotopic (exact) mass is 335 g/mol. The van der Waals surface area contributed by atoms with E-state index in [0.717, 1.165) is 31.7 Å². The van der Waals surface area contributed by atoms with Gasteiger partial charge in [-0.1, -0.05) is 12.1 Å². The first-order chi connectivity index (χ1) is 11.7. The predicted octanol–water partition coefficient (Wildman–Crippen LogP) is 2.22. The number of benzene rings is 1. The Kier molecular flexibility index (Phi) is 6.49. The molecule has 0 radical (unpaired) electrons. The predicted molar refractivity (Wildman–Crippen MR) is 92.2 cm³/mol. The van der Waals surface area contributed by atoms with Crippen molar-refractivity contribution in [1.29, 1.82) is 0 Å². The van der Waals surface area contributed by atoms with Crippen molar-refractivity contribution in [3.8, 4) is 5.75 Å². The number of methoxy groups -OCH3 is 1. The summed E-state index contributed by atoms with van der Waals surface area (Å²) in [5.74, 6) is 0.874. The van der Waals surface area contributed by atoms with Crippen LogP contribution in [-0.2, 0) is 16.0 Å². The number of ether oxygens (including phenoxy) is 3. The summed E-state index contributed by atoms with van der Waals surface area (Å²) < 4.78 is 16.4. The lowest BCUT2D eigenvalue weighted by atomic mass is 10.2. The molecule has 1 aromatic carbocycles. The maximum absolute atomic E-state index is 10.3. The third kappa shape index (κ3) is 5.45. The van der Waals surface area contributed by atoms with E-state index in [9.17, 15) is 5.11 Å². The molecule has 5 heteroatoms. The molecule has 134 valence electrons. The quantitative estimate of drug-likeness (QED) is 0.710. The summed E-state index contributed by atoms with van der Waals surface area (Å²) in [7, 11) is 1.68. The lowest BCUT2D eigenvalue weighted by molar-refractivity contribution is -0.0265. The topological polar surface area (TPSA) is 51.2 Å². The van der Waals surface area contributed by atoms with Crippen LogP contribution in [0.3, 0.4) is 0 Å². The Hall–Kier alpha value is -1.14. The van der Waals surface area contributed by atoms with Gasteiger partial charge in [-0.25, -0.2) is 0 Å². The maximum Gasteiger partial charge on any atom is 0.118 e. The summed E-state index contributed by atoms with van der Waals surface area (Å²) in [5.41, 5.74) is 1.25. The highest BCUT2D eigenvalue weighted by molar-refractivity contribution is 5.27. The molecule has 5 nitrogen and oxygen atoms in total. The zero-order valence-corrected chi connectivity index (χ0v) is 14.5. The summed E-state index contributed by atoms with van der Waals surface area (Å²) in [4.78, 5) is 2.36. The molecule has 0 spiro atoms. The van der Waals surface area contributed by atoms with Crippen molar-refractivity contribution >= 4 is 0 Å². The Bertz CT molecular complexity index is 483. The Labute approximate surface area is 144 Å². The Morgan fingerprint density at radius 1 is 1.25 bits per heavy atom. The van der Waals surface area contributed by atoms with E-state index in [1.807, 2.05) is 12.1 Å². The van der Waals surface area contributed by atoms with Gasteiger partial charge < -0.3 is 19.3 Å². The molecule has 2 atom stereocenters. The summed E-state index contributed by atoms with van der Waals surface area (Å²) in [5, 5.41) is 10.3. The molecular formula is C19H29NO4. The zero-order valence-electron chi connectivity index (χ0n) is 14.5. The van der Waals surface area contributed by atoms with E-state index in [-0.39, 0.29) is 6.10 Å². The van der Waals surface area contributed by atoms with Crippen LogP contribution in [-0.4, -0.2) is 61.7 Å². The lowest BCUT2D eigenvalue weighted by Gasteiger charge is -2.25. The Balaban J connectivity index is 1.42. The van der Waals surface area contributed by atoms with Gasteiger partial charge in [-0.3, -0.25) is 4.90 Å². The molecule has 1 aliphatic heterocycles. The van der Waals surface area contributed by atoms with Crippen molar-refractivity contribution in [3.63, 3.8) is 0 Å². The standard InChI is InChI=1S/C19H29NO4/c1-22-18-8-4-15(5-9-18)11-20(16-6-7-16)12-17(21)13-23-14-19-3-2-10-24-19/h4-5,8-9,16-17,19,21H,2-3,6-7,10-14H2,1H3. The second-order valence-electron chi connectivity index (χ2n) is 6.84. The molecular weight excluding hydrogens is 306 g/mol. The highest BCUT2D eigenvalue weighted by Crippen LogP contribution is 2.28. The highest BCUT2D eigenvalue weighted by atomic mass is 16.5. The van der Waals surface area contributed by atoms with E-state index in [1.54, 1.807) is 7.11 Å². The summed E-state index contributed by atoms with van der Waals surface area (Å²) in [6, 6.07) is 8.76. The average molecular weight is 335 g/mol. The third-order valence-electron chi connectivity index (χ3n) is 4.69. The van der Waals surface area contributed by atoms with Crippen LogP contribution in [0, 0.1) is 0 Å². The van der Waals surface area contributed by atoms with Crippen molar-refractivity contribution in [2.45, 2.75) is 50.5 Å². The molecule has 1 saturated carbocycles. The second kappa shape index (κ2) is 8.81. The SMILES string of the molecule is COc1ccc(CN(CC(O)COCC2CCCO2)C2CC2)cc1. The summed E-state index contributed by atoms with van der Waals surface area (Å²) >= 11 is 0. The zero-order chi connectivity index (χ0) is 16.8. The minimum Gasteiger partial charge on any atom is -0.497 e. The molecule has 1 aliphatic carbocycles. The van der Waals surface area contributed by atoms with Gasteiger partial charge >= 0.3 is 0 Å². The van der Waals surface area contributed by atoms with Gasteiger partial charge in [0.05, 0.1) is 32.5 Å². The van der Waals surface area contributed by atoms with Crippen LogP contribution in [0.15, 0.2) is 24.3 Å². The maximum atomic E-state index is 10.3. The number of nitrogens with zero attached hydrogens (tertiary/aromatic N) is 1. The fourth-order valence-electron chi connectivity index (χ4n) is 3.18. The van der Waals surface area contributed by atoms with Crippen LogP contribution < -0.4 is 4.74 Å². The largest absolute Gasteiger partial charge is 0.497 e. The van der Waals surface area contributed by atoms with Gasteiger partial charge in [0.25, 0.3) is 0 Å². The van der Waals surface area contributed by atoms with Gasteiger partial charge in [-0.2, -0.15) is 0 Å². The Morgan fingerprint density at radius 3 is 2.67 bits per heavy atom. The molecule has 0 bridgehead atoms. The van der Waals surface area contributed by atoms with Gasteiger partial charge in [0.2, 0.25) is 0 Å². The first-order valence-electron chi connectivity index (χ1n) is 8.99. The van der Waals surface area contributed by atoms with Crippen LogP contribution in [0.4, 0.5) is 0 Å². The lowest BCUT2D eigenvalue weighted by Crippen LogP contribution is -2.36. The van der Waals surface area contributed by atoms with Gasteiger partial charge in [-0.05, 0) is 43.4 Å². The number of rotatable bonds is 10. The van der Waals surface area contributed by atoms with Crippen molar-refractivity contribution in [2.24, 2.45) is 0 Å². The molecule has 1 heterocycles. The number of hydrogen-bond donors (Lipinski definition) is 1. The van der Waals surface area contributed by atoms with Gasteiger partial charge in [-0.15, -0.1) is 0 Å². The summed E-state index contributed by atoms with van der Waals surface area (Å²) in [6.07, 6.45) is 4.40. The minimum absolute atomic E-state index is 0.219. The minimum atomic E-state index is -0.453. The number of aliphatic hydroxyl groups excluding tert-OH is 1. The number of hydrogen-bond acceptors (Lipinski definition) is 5. The fraction of sp³-hybridized carbons (Fsp3) is 0.684. The third-order valence-corrected chi connectivity index (χ3v) is 4.69. The molecule has 1 saturated heterocycles. The van der Waals surface area contributed by atoms with E-state index < -0.39 is 6.10 Å². The molecule has 24 heavy (non-hydrogen) atoms. The van der Waals surface area contributed by atoms with Gasteiger partial charge in [0, 0.05) is 25.7 Å². The van der Waals surface area contributed by atoms with E-state index in [2.05, 4.69) is 17.0 Å². The molecule has 1 N–H and O–H groups in total.